The Morgan fingerprint density at radius 3 is 2.67 bits per heavy atom. The molecule has 0 atom stereocenters. The number of rotatable bonds is 6. The van der Waals surface area contributed by atoms with Gasteiger partial charge in [0.1, 0.15) is 11.4 Å². The Labute approximate surface area is 152 Å². The van der Waals surface area contributed by atoms with Gasteiger partial charge in [-0.25, -0.2) is 9.78 Å². The van der Waals surface area contributed by atoms with Gasteiger partial charge in [0.25, 0.3) is 0 Å². The minimum atomic E-state index is -3.02. The molecule has 144 valence electrons. The van der Waals surface area contributed by atoms with Crippen LogP contribution in [0.25, 0.3) is 11.1 Å². The van der Waals surface area contributed by atoms with Crippen molar-refractivity contribution < 1.29 is 32.0 Å². The van der Waals surface area contributed by atoms with Crippen molar-refractivity contribution in [3.05, 3.63) is 29.5 Å². The molecule has 0 saturated heterocycles. The van der Waals surface area contributed by atoms with E-state index in [1.165, 1.54) is 12.1 Å². The van der Waals surface area contributed by atoms with Crippen LogP contribution in [0, 0.1) is 6.92 Å². The summed E-state index contributed by atoms with van der Waals surface area (Å²) >= 11 is 0. The van der Waals surface area contributed by atoms with Crippen LogP contribution < -0.4 is 14.8 Å². The topological polar surface area (TPSA) is 99.6 Å². The van der Waals surface area contributed by atoms with E-state index < -0.39 is 12.7 Å². The Bertz CT molecular complexity index is 967. The third-order valence-electron chi connectivity index (χ3n) is 3.72. The van der Waals surface area contributed by atoms with Gasteiger partial charge in [0.15, 0.2) is 28.7 Å². The quantitative estimate of drug-likeness (QED) is 0.673. The van der Waals surface area contributed by atoms with Gasteiger partial charge in [-0.05, 0) is 19.1 Å². The van der Waals surface area contributed by atoms with Crippen molar-refractivity contribution in [1.82, 2.24) is 10.1 Å². The number of nitrogens with one attached hydrogen (secondary N) is 1. The maximum atomic E-state index is 12.6. The predicted molar refractivity (Wildman–Crippen MR) is 90.3 cm³/mol. The molecule has 8 nitrogen and oxygen atoms in total. The van der Waals surface area contributed by atoms with Gasteiger partial charge in [-0.3, -0.25) is 5.32 Å². The molecule has 0 bridgehead atoms. The smallest absolute Gasteiger partial charge is 0.417 e. The number of alkyl halides is 2. The van der Waals surface area contributed by atoms with Gasteiger partial charge in [-0.2, -0.15) is 8.78 Å². The van der Waals surface area contributed by atoms with E-state index in [0.717, 1.165) is 0 Å². The second kappa shape index (κ2) is 7.60. The van der Waals surface area contributed by atoms with Gasteiger partial charge in [-0.15, -0.1) is 0 Å². The Balaban J connectivity index is 1.89. The highest BCUT2D eigenvalue weighted by molar-refractivity contribution is 5.92. The number of aryl methyl sites for hydroxylation is 3. The number of halogens is 2. The van der Waals surface area contributed by atoms with Crippen molar-refractivity contribution >= 4 is 22.9 Å². The summed E-state index contributed by atoms with van der Waals surface area (Å²) in [6, 6.07) is 2.53. The average Bonchev–Trinajstić information content (AvgIpc) is 3.21. The summed E-state index contributed by atoms with van der Waals surface area (Å²) in [5.41, 5.74) is 1.01. The van der Waals surface area contributed by atoms with E-state index in [0.29, 0.717) is 35.9 Å². The summed E-state index contributed by atoms with van der Waals surface area (Å²) in [5.74, 6) is 0.648. The lowest BCUT2D eigenvalue weighted by atomic mass is 10.2. The summed E-state index contributed by atoms with van der Waals surface area (Å²) in [6.07, 6.45) is 0.144. The van der Waals surface area contributed by atoms with Crippen molar-refractivity contribution in [1.29, 1.82) is 0 Å². The first-order valence-electron chi connectivity index (χ1n) is 8.24. The molecule has 3 aromatic rings. The van der Waals surface area contributed by atoms with Crippen LogP contribution in [0.1, 0.15) is 31.2 Å². The molecule has 0 saturated carbocycles. The second-order valence-corrected chi connectivity index (χ2v) is 5.51. The van der Waals surface area contributed by atoms with Gasteiger partial charge in [0, 0.05) is 12.8 Å². The number of hydrogen-bond donors (Lipinski definition) is 1. The first kappa shape index (κ1) is 18.6. The first-order valence-corrected chi connectivity index (χ1v) is 8.24. The molecule has 1 amide bonds. The molecule has 2 aromatic heterocycles. The van der Waals surface area contributed by atoms with E-state index in [1.807, 2.05) is 6.92 Å². The third-order valence-corrected chi connectivity index (χ3v) is 3.72. The molecule has 0 aliphatic heterocycles. The molecule has 0 unspecified atom stereocenters. The maximum absolute atomic E-state index is 12.6. The Hall–Kier alpha value is -3.17. The van der Waals surface area contributed by atoms with Gasteiger partial charge in [0.05, 0.1) is 0 Å². The van der Waals surface area contributed by atoms with Crippen LogP contribution in [0.15, 0.2) is 21.1 Å². The number of anilines is 1. The molecule has 3 rings (SSSR count). The lowest BCUT2D eigenvalue weighted by molar-refractivity contribution is -0.0489. The van der Waals surface area contributed by atoms with Crippen LogP contribution in [-0.4, -0.2) is 22.8 Å². The number of amides is 1. The minimum absolute atomic E-state index is 0.0171. The molecular weight excluding hydrogens is 364 g/mol. The summed E-state index contributed by atoms with van der Waals surface area (Å²) in [5, 5.41) is 6.35. The Kier molecular flexibility index (Phi) is 5.24. The fraction of sp³-hybridized carbons (Fsp3) is 0.353. The van der Waals surface area contributed by atoms with Gasteiger partial charge in [-0.1, -0.05) is 19.0 Å². The average molecular weight is 381 g/mol. The number of carbonyl (C=O) groups excluding carboxylic acids is 1. The Morgan fingerprint density at radius 1 is 1.26 bits per heavy atom. The van der Waals surface area contributed by atoms with Crippen molar-refractivity contribution in [2.75, 3.05) is 5.32 Å². The van der Waals surface area contributed by atoms with Gasteiger partial charge >= 0.3 is 12.7 Å². The summed E-state index contributed by atoms with van der Waals surface area (Å²) < 4.78 is 45.5. The summed E-state index contributed by atoms with van der Waals surface area (Å²) in [7, 11) is 0. The zero-order valence-corrected chi connectivity index (χ0v) is 14.8. The summed E-state index contributed by atoms with van der Waals surface area (Å²) in [4.78, 5) is 16.4. The van der Waals surface area contributed by atoms with E-state index >= 15 is 0 Å². The first-order chi connectivity index (χ1) is 12.9. The SMILES string of the molecule is CCc1nc2c(OC(F)F)ccc(OC(=O)Nc3c(C)noc3CC)c2o1. The lowest BCUT2D eigenvalue weighted by Gasteiger charge is -2.09. The molecule has 0 aliphatic carbocycles. The summed E-state index contributed by atoms with van der Waals surface area (Å²) in [6.45, 7) is 2.29. The molecular formula is C17H17F2N3O5. The van der Waals surface area contributed by atoms with Crippen molar-refractivity contribution in [3.8, 4) is 11.5 Å². The minimum Gasteiger partial charge on any atom is -0.437 e. The van der Waals surface area contributed by atoms with Crippen LogP contribution in [0.3, 0.4) is 0 Å². The highest BCUT2D eigenvalue weighted by Crippen LogP contribution is 2.35. The van der Waals surface area contributed by atoms with Crippen molar-refractivity contribution in [3.63, 3.8) is 0 Å². The van der Waals surface area contributed by atoms with E-state index in [2.05, 4.69) is 20.2 Å². The standard InChI is InChI=1S/C17H17F2N3O5/c1-4-9-13(8(3)22-27-9)21-17(23)25-11-7-6-10(24-16(18)19)14-15(11)26-12(5-2)20-14/h6-7,16H,4-5H2,1-3H3,(H,21,23). The van der Waals surface area contributed by atoms with E-state index in [4.69, 9.17) is 13.7 Å². The second-order valence-electron chi connectivity index (χ2n) is 5.51. The molecule has 1 aromatic carbocycles. The molecule has 2 heterocycles. The number of hydrogen-bond acceptors (Lipinski definition) is 7. The van der Waals surface area contributed by atoms with Crippen molar-refractivity contribution in [2.24, 2.45) is 0 Å². The van der Waals surface area contributed by atoms with Crippen LogP contribution in [0.5, 0.6) is 11.5 Å². The fourth-order valence-corrected chi connectivity index (χ4v) is 2.47. The molecule has 1 N–H and O–H groups in total. The van der Waals surface area contributed by atoms with E-state index in [1.54, 1.807) is 13.8 Å². The normalized spacial score (nSPS) is 11.2. The molecule has 0 aliphatic rings. The largest absolute Gasteiger partial charge is 0.437 e. The highest BCUT2D eigenvalue weighted by Gasteiger charge is 2.21. The number of aromatic nitrogens is 2. The predicted octanol–water partition coefficient (Wildman–Crippen LogP) is 4.46. The van der Waals surface area contributed by atoms with E-state index in [-0.39, 0.29) is 22.6 Å². The monoisotopic (exact) mass is 381 g/mol. The molecule has 0 spiro atoms. The number of benzene rings is 1. The van der Waals surface area contributed by atoms with Crippen LogP contribution >= 0.6 is 0 Å². The molecule has 10 heteroatoms. The Morgan fingerprint density at radius 2 is 2.00 bits per heavy atom. The fourth-order valence-electron chi connectivity index (χ4n) is 2.47. The number of fused-ring (bicyclic) bond motifs is 1. The zero-order chi connectivity index (χ0) is 19.6. The number of oxazole rings is 1. The van der Waals surface area contributed by atoms with Gasteiger partial charge < -0.3 is 18.4 Å². The zero-order valence-electron chi connectivity index (χ0n) is 14.8. The van der Waals surface area contributed by atoms with Crippen LogP contribution in [0.2, 0.25) is 0 Å². The molecule has 0 fully saturated rings. The van der Waals surface area contributed by atoms with E-state index in [9.17, 15) is 13.6 Å². The van der Waals surface area contributed by atoms with Crippen molar-refractivity contribution in [2.45, 2.75) is 40.2 Å². The third kappa shape index (κ3) is 3.83. The van der Waals surface area contributed by atoms with Crippen LogP contribution in [0.4, 0.5) is 19.3 Å². The number of ether oxygens (including phenoxy) is 2. The molecule has 0 radical (unpaired) electrons. The van der Waals surface area contributed by atoms with Gasteiger partial charge in [0.2, 0.25) is 5.58 Å². The highest BCUT2D eigenvalue weighted by atomic mass is 19.3. The van der Waals surface area contributed by atoms with Crippen LogP contribution in [-0.2, 0) is 12.8 Å². The number of nitrogens with zero attached hydrogens (tertiary/aromatic N) is 2. The maximum Gasteiger partial charge on any atom is 0.417 e. The number of carbonyl (C=O) groups is 1. The lowest BCUT2D eigenvalue weighted by Crippen LogP contribution is -2.18. The molecule has 27 heavy (non-hydrogen) atoms.